The van der Waals surface area contributed by atoms with Crippen molar-refractivity contribution in [3.8, 4) is 0 Å². The first-order valence-electron chi connectivity index (χ1n) is 10.0. The highest BCUT2D eigenvalue weighted by molar-refractivity contribution is 5.78. The number of hydrogen-bond donors (Lipinski definition) is 1. The second-order valence-electron chi connectivity index (χ2n) is 9.18. The Labute approximate surface area is 170 Å². The van der Waals surface area contributed by atoms with Gasteiger partial charge in [-0.1, -0.05) is 0 Å². The minimum Gasteiger partial charge on any atom is -0.447 e. The smallest absolute Gasteiger partial charge is 0.434 e. The van der Waals surface area contributed by atoms with Crippen molar-refractivity contribution in [1.82, 2.24) is 25.1 Å². The van der Waals surface area contributed by atoms with Gasteiger partial charge in [-0.15, -0.1) is 0 Å². The van der Waals surface area contributed by atoms with Gasteiger partial charge in [-0.05, 0) is 31.6 Å². The molecule has 30 heavy (non-hydrogen) atoms. The number of alkyl carbamates (subject to hydrolysis) is 1. The van der Waals surface area contributed by atoms with Crippen LogP contribution in [0.1, 0.15) is 30.7 Å². The first-order chi connectivity index (χ1) is 14.2. The monoisotopic (exact) mass is 425 g/mol. The number of rotatable bonds is 2. The quantitative estimate of drug-likeness (QED) is 0.784. The summed E-state index contributed by atoms with van der Waals surface area (Å²) in [7, 11) is 0. The summed E-state index contributed by atoms with van der Waals surface area (Å²) in [6.07, 6.45) is 0.626. The summed E-state index contributed by atoms with van der Waals surface area (Å²) in [4.78, 5) is 34.8. The number of nitrogens with one attached hydrogen (secondary N) is 1. The number of likely N-dealkylation sites (tertiary alicyclic amines) is 2. The van der Waals surface area contributed by atoms with E-state index in [9.17, 15) is 22.8 Å². The second-order valence-corrected chi connectivity index (χ2v) is 9.18. The number of amides is 3. The zero-order valence-corrected chi connectivity index (χ0v) is 16.2. The first-order valence-corrected chi connectivity index (χ1v) is 10.0. The highest BCUT2D eigenvalue weighted by atomic mass is 19.4. The van der Waals surface area contributed by atoms with Crippen molar-refractivity contribution < 1.29 is 27.5 Å². The molecular formula is C19H22F3N5O3. The van der Waals surface area contributed by atoms with Crippen LogP contribution in [0.2, 0.25) is 0 Å². The number of carbonyl (C=O) groups excluding carboxylic acids is 2. The van der Waals surface area contributed by atoms with E-state index < -0.39 is 23.5 Å². The summed E-state index contributed by atoms with van der Waals surface area (Å²) < 4.78 is 42.8. The van der Waals surface area contributed by atoms with E-state index in [1.165, 1.54) is 6.20 Å². The summed E-state index contributed by atoms with van der Waals surface area (Å²) in [5, 5.41) is 2.77. The molecule has 3 saturated heterocycles. The Hall–Kier alpha value is -2.59. The van der Waals surface area contributed by atoms with E-state index in [0.29, 0.717) is 50.8 Å². The van der Waals surface area contributed by atoms with Gasteiger partial charge in [0.2, 0.25) is 0 Å². The van der Waals surface area contributed by atoms with Crippen LogP contribution in [0.4, 0.5) is 22.8 Å². The molecule has 1 N–H and O–H groups in total. The fraction of sp³-hybridized carbons (Fsp3) is 0.684. The molecule has 0 radical (unpaired) electrons. The number of halogens is 3. The molecular weight excluding hydrogens is 403 g/mol. The molecule has 162 valence electrons. The van der Waals surface area contributed by atoms with Gasteiger partial charge in [0.25, 0.3) is 0 Å². The second kappa shape index (κ2) is 6.45. The zero-order chi connectivity index (χ0) is 21.1. The maximum absolute atomic E-state index is 12.6. The molecule has 1 aliphatic carbocycles. The van der Waals surface area contributed by atoms with Crippen LogP contribution in [0, 0.1) is 11.3 Å². The van der Waals surface area contributed by atoms with Crippen LogP contribution in [-0.4, -0.2) is 70.2 Å². The van der Waals surface area contributed by atoms with E-state index in [0.717, 1.165) is 25.5 Å². The third kappa shape index (κ3) is 3.33. The van der Waals surface area contributed by atoms with Gasteiger partial charge >= 0.3 is 18.3 Å². The number of aromatic nitrogens is 2. The number of cyclic esters (lactones) is 1. The van der Waals surface area contributed by atoms with Gasteiger partial charge in [0.1, 0.15) is 12.1 Å². The van der Waals surface area contributed by atoms with Gasteiger partial charge in [0.15, 0.2) is 5.69 Å². The summed E-state index contributed by atoms with van der Waals surface area (Å²) in [6.45, 7) is 2.64. The third-order valence-corrected chi connectivity index (χ3v) is 6.73. The van der Waals surface area contributed by atoms with E-state index >= 15 is 0 Å². The molecule has 4 fully saturated rings. The van der Waals surface area contributed by atoms with Crippen LogP contribution >= 0.6 is 0 Å². The summed E-state index contributed by atoms with van der Waals surface area (Å²) in [6, 6.07) is -0.00976. The maximum atomic E-state index is 12.6. The summed E-state index contributed by atoms with van der Waals surface area (Å²) >= 11 is 0. The van der Waals surface area contributed by atoms with Crippen molar-refractivity contribution in [3.63, 3.8) is 0 Å². The zero-order valence-electron chi connectivity index (χ0n) is 16.2. The van der Waals surface area contributed by atoms with Crippen LogP contribution < -0.4 is 5.32 Å². The van der Waals surface area contributed by atoms with Crippen molar-refractivity contribution in [3.05, 3.63) is 23.8 Å². The molecule has 1 aromatic rings. The number of ether oxygens (including phenoxy) is 1. The molecule has 11 heteroatoms. The number of carbonyl (C=O) groups is 2. The molecule has 3 amide bonds. The average Bonchev–Trinajstić information content (AvgIpc) is 3.22. The fourth-order valence-corrected chi connectivity index (χ4v) is 5.27. The molecule has 4 aliphatic rings. The maximum Gasteiger partial charge on any atom is 0.434 e. The lowest BCUT2D eigenvalue weighted by atomic mass is 9.77. The van der Waals surface area contributed by atoms with E-state index in [1.54, 1.807) is 4.90 Å². The van der Waals surface area contributed by atoms with E-state index in [-0.39, 0.29) is 11.4 Å². The molecule has 8 nitrogen and oxygen atoms in total. The van der Waals surface area contributed by atoms with Gasteiger partial charge < -0.3 is 19.9 Å². The lowest BCUT2D eigenvalue weighted by Gasteiger charge is -2.53. The van der Waals surface area contributed by atoms with Crippen LogP contribution in [0.25, 0.3) is 0 Å². The lowest BCUT2D eigenvalue weighted by Crippen LogP contribution is -2.73. The van der Waals surface area contributed by atoms with Gasteiger partial charge in [0, 0.05) is 24.7 Å². The molecule has 3 aliphatic heterocycles. The predicted molar refractivity (Wildman–Crippen MR) is 96.3 cm³/mol. The molecule has 4 heterocycles. The van der Waals surface area contributed by atoms with E-state index in [1.807, 2.05) is 4.90 Å². The Balaban J connectivity index is 1.10. The highest BCUT2D eigenvalue weighted by Gasteiger charge is 2.55. The number of hydrogen-bond acceptors (Lipinski definition) is 5. The number of alkyl halides is 3. The van der Waals surface area contributed by atoms with Crippen LogP contribution in [0.3, 0.4) is 0 Å². The van der Waals surface area contributed by atoms with Gasteiger partial charge in [-0.3, -0.25) is 4.98 Å². The SMILES string of the molecule is O=C1NC2(CO1)CN(C(=O)N1CC3(CC[C@@H](Cc4cnc(C(F)(F)F)cn4)C3)C1)C2. The highest BCUT2D eigenvalue weighted by Crippen LogP contribution is 2.49. The van der Waals surface area contributed by atoms with Crippen molar-refractivity contribution in [2.24, 2.45) is 11.3 Å². The minimum absolute atomic E-state index is 0.00976. The standard InChI is InChI=1S/C19H22F3N5O3/c20-19(21,22)14-6-23-13(5-24-14)3-12-1-2-17(4-12)7-26(8-17)16(29)27-9-18(10-27)11-30-15(28)25-18/h5-6,12H,1-4,7-11H2,(H,25,28)/t12-/m0/s1. The summed E-state index contributed by atoms with van der Waals surface area (Å²) in [5.74, 6) is 0.339. The normalized spacial score (nSPS) is 26.4. The Morgan fingerprint density at radius 3 is 2.53 bits per heavy atom. The molecule has 1 aromatic heterocycles. The van der Waals surface area contributed by atoms with Crippen molar-refractivity contribution in [2.75, 3.05) is 32.8 Å². The van der Waals surface area contributed by atoms with E-state index in [4.69, 9.17) is 4.74 Å². The topological polar surface area (TPSA) is 87.7 Å². The first kappa shape index (κ1) is 19.4. The number of urea groups is 1. The Bertz CT molecular complexity index is 863. The molecule has 0 bridgehead atoms. The largest absolute Gasteiger partial charge is 0.447 e. The number of nitrogens with zero attached hydrogens (tertiary/aromatic N) is 4. The van der Waals surface area contributed by atoms with Crippen molar-refractivity contribution >= 4 is 12.1 Å². The van der Waals surface area contributed by atoms with Crippen molar-refractivity contribution in [1.29, 1.82) is 0 Å². The third-order valence-electron chi connectivity index (χ3n) is 6.73. The van der Waals surface area contributed by atoms with Crippen LogP contribution in [0.15, 0.2) is 12.4 Å². The molecule has 1 saturated carbocycles. The minimum atomic E-state index is -4.47. The molecule has 0 aromatic carbocycles. The fourth-order valence-electron chi connectivity index (χ4n) is 5.27. The van der Waals surface area contributed by atoms with Gasteiger partial charge in [-0.25, -0.2) is 14.6 Å². The molecule has 2 spiro atoms. The van der Waals surface area contributed by atoms with Gasteiger partial charge in [0.05, 0.1) is 25.0 Å². The Morgan fingerprint density at radius 2 is 1.93 bits per heavy atom. The molecule has 0 unspecified atom stereocenters. The predicted octanol–water partition coefficient (Wildman–Crippen LogP) is 2.05. The van der Waals surface area contributed by atoms with Gasteiger partial charge in [-0.2, -0.15) is 13.2 Å². The molecule has 1 atom stereocenters. The average molecular weight is 425 g/mol. The van der Waals surface area contributed by atoms with E-state index in [2.05, 4.69) is 15.3 Å². The van der Waals surface area contributed by atoms with Crippen LogP contribution in [0.5, 0.6) is 0 Å². The van der Waals surface area contributed by atoms with Crippen molar-refractivity contribution in [2.45, 2.75) is 37.4 Å². The van der Waals surface area contributed by atoms with Crippen LogP contribution in [-0.2, 0) is 17.3 Å². The molecule has 5 rings (SSSR count). The summed E-state index contributed by atoms with van der Waals surface area (Å²) in [5.41, 5.74) is -0.716. The Kier molecular flexibility index (Phi) is 4.17. The lowest BCUT2D eigenvalue weighted by molar-refractivity contribution is -0.141. The Morgan fingerprint density at radius 1 is 1.20 bits per heavy atom.